The molecule has 0 saturated carbocycles. The molecule has 29 heavy (non-hydrogen) atoms. The molecule has 1 aliphatic rings. The van der Waals surface area contributed by atoms with Gasteiger partial charge in [0.2, 0.25) is 12.7 Å². The zero-order valence-corrected chi connectivity index (χ0v) is 16.2. The second kappa shape index (κ2) is 8.05. The maximum Gasteiger partial charge on any atom is 0.258 e. The van der Waals surface area contributed by atoms with Crippen LogP contribution in [0, 0.1) is 0 Å². The molecule has 1 aliphatic heterocycles. The van der Waals surface area contributed by atoms with Gasteiger partial charge in [0.15, 0.2) is 11.5 Å². The van der Waals surface area contributed by atoms with E-state index in [-0.39, 0.29) is 12.7 Å². The van der Waals surface area contributed by atoms with Gasteiger partial charge in [-0.3, -0.25) is 4.79 Å². The van der Waals surface area contributed by atoms with Crippen LogP contribution in [0.5, 0.6) is 11.5 Å². The molecule has 0 spiro atoms. The van der Waals surface area contributed by atoms with Crippen LogP contribution in [0.1, 0.15) is 15.9 Å². The number of benzene rings is 2. The predicted molar refractivity (Wildman–Crippen MR) is 111 cm³/mol. The van der Waals surface area contributed by atoms with Crippen molar-refractivity contribution < 1.29 is 14.3 Å². The molecule has 148 valence electrons. The van der Waals surface area contributed by atoms with Gasteiger partial charge in [-0.05, 0) is 42.0 Å². The average molecular weight is 391 g/mol. The standard InChI is InChI=1S/C21H21N5O3/c1-26(2)17-6-4-16(5-7-17)25-20(27)15-11-23-21(24-12-15)22-10-14-3-8-18-19(9-14)29-13-28-18/h3-9,11-12H,10,13H2,1-2H3,(H,25,27)(H,22,23,24). The van der Waals surface area contributed by atoms with E-state index in [1.54, 1.807) is 0 Å². The highest BCUT2D eigenvalue weighted by molar-refractivity contribution is 6.03. The van der Waals surface area contributed by atoms with Crippen molar-refractivity contribution >= 4 is 23.2 Å². The van der Waals surface area contributed by atoms with Gasteiger partial charge in [-0.25, -0.2) is 9.97 Å². The van der Waals surface area contributed by atoms with E-state index in [2.05, 4.69) is 20.6 Å². The van der Waals surface area contributed by atoms with E-state index < -0.39 is 0 Å². The van der Waals surface area contributed by atoms with Crippen molar-refractivity contribution in [3.05, 3.63) is 66.0 Å². The number of carbonyl (C=O) groups excluding carboxylic acids is 1. The Balaban J connectivity index is 1.34. The largest absolute Gasteiger partial charge is 0.454 e. The number of nitrogens with one attached hydrogen (secondary N) is 2. The highest BCUT2D eigenvalue weighted by atomic mass is 16.7. The molecule has 0 unspecified atom stereocenters. The lowest BCUT2D eigenvalue weighted by atomic mass is 10.2. The first kappa shape index (κ1) is 18.5. The SMILES string of the molecule is CN(C)c1ccc(NC(=O)c2cnc(NCc3ccc4c(c3)OCO4)nc2)cc1. The van der Waals surface area contributed by atoms with E-state index in [0.29, 0.717) is 23.7 Å². The molecule has 0 atom stereocenters. The summed E-state index contributed by atoms with van der Waals surface area (Å²) in [5.74, 6) is 1.66. The Kier molecular flexibility index (Phi) is 5.15. The normalized spacial score (nSPS) is 11.8. The fraction of sp³-hybridized carbons (Fsp3) is 0.190. The van der Waals surface area contributed by atoms with Crippen molar-refractivity contribution in [1.29, 1.82) is 0 Å². The Morgan fingerprint density at radius 1 is 1.03 bits per heavy atom. The molecule has 0 saturated heterocycles. The van der Waals surface area contributed by atoms with Gasteiger partial charge in [0.25, 0.3) is 5.91 Å². The molecular weight excluding hydrogens is 370 g/mol. The summed E-state index contributed by atoms with van der Waals surface area (Å²) >= 11 is 0. The van der Waals surface area contributed by atoms with Crippen molar-refractivity contribution in [1.82, 2.24) is 9.97 Å². The molecule has 0 radical (unpaired) electrons. The van der Waals surface area contributed by atoms with Gasteiger partial charge in [-0.1, -0.05) is 6.07 Å². The fourth-order valence-corrected chi connectivity index (χ4v) is 2.81. The zero-order chi connectivity index (χ0) is 20.2. The van der Waals surface area contributed by atoms with Crippen molar-refractivity contribution in [2.75, 3.05) is 36.4 Å². The van der Waals surface area contributed by atoms with Crippen molar-refractivity contribution in [2.24, 2.45) is 0 Å². The smallest absolute Gasteiger partial charge is 0.258 e. The molecule has 2 aromatic carbocycles. The Hall–Kier alpha value is -3.81. The molecule has 4 rings (SSSR count). The minimum absolute atomic E-state index is 0.249. The summed E-state index contributed by atoms with van der Waals surface area (Å²) in [5.41, 5.74) is 3.17. The molecule has 0 fully saturated rings. The van der Waals surface area contributed by atoms with Gasteiger partial charge in [0.05, 0.1) is 5.56 Å². The third-order valence-corrected chi connectivity index (χ3v) is 4.44. The molecule has 0 aliphatic carbocycles. The van der Waals surface area contributed by atoms with Crippen LogP contribution in [0.2, 0.25) is 0 Å². The molecule has 1 amide bonds. The van der Waals surface area contributed by atoms with Crippen LogP contribution in [-0.2, 0) is 6.54 Å². The predicted octanol–water partition coefficient (Wildman–Crippen LogP) is 3.14. The third kappa shape index (κ3) is 4.37. The first-order chi connectivity index (χ1) is 14.1. The number of hydrogen-bond acceptors (Lipinski definition) is 7. The van der Waals surface area contributed by atoms with Crippen LogP contribution >= 0.6 is 0 Å². The lowest BCUT2D eigenvalue weighted by Crippen LogP contribution is -2.14. The number of ether oxygens (including phenoxy) is 2. The molecule has 2 N–H and O–H groups in total. The van der Waals surface area contributed by atoms with Crippen LogP contribution < -0.4 is 25.0 Å². The zero-order valence-electron chi connectivity index (χ0n) is 16.2. The molecule has 8 nitrogen and oxygen atoms in total. The maximum absolute atomic E-state index is 12.4. The van der Waals surface area contributed by atoms with Crippen LogP contribution in [0.3, 0.4) is 0 Å². The molecular formula is C21H21N5O3. The van der Waals surface area contributed by atoms with Crippen molar-refractivity contribution in [3.63, 3.8) is 0 Å². The summed E-state index contributed by atoms with van der Waals surface area (Å²) in [6.45, 7) is 0.777. The van der Waals surface area contributed by atoms with E-state index in [9.17, 15) is 4.79 Å². The summed E-state index contributed by atoms with van der Waals surface area (Å²) in [6.07, 6.45) is 3.00. The van der Waals surface area contributed by atoms with Gasteiger partial charge in [-0.15, -0.1) is 0 Å². The van der Waals surface area contributed by atoms with Crippen LogP contribution in [0.25, 0.3) is 0 Å². The van der Waals surface area contributed by atoms with Crippen LogP contribution in [0.15, 0.2) is 54.9 Å². The summed E-state index contributed by atoms with van der Waals surface area (Å²) < 4.78 is 10.7. The van der Waals surface area contributed by atoms with E-state index in [4.69, 9.17) is 9.47 Å². The number of rotatable bonds is 6. The summed E-state index contributed by atoms with van der Waals surface area (Å²) in [5, 5.41) is 5.97. The van der Waals surface area contributed by atoms with Crippen LogP contribution in [0.4, 0.5) is 17.3 Å². The number of nitrogens with zero attached hydrogens (tertiary/aromatic N) is 3. The lowest BCUT2D eigenvalue weighted by Gasteiger charge is -2.13. The molecule has 2 heterocycles. The number of anilines is 3. The Labute approximate surface area is 168 Å². The topological polar surface area (TPSA) is 88.6 Å². The van der Waals surface area contributed by atoms with Crippen LogP contribution in [-0.4, -0.2) is 36.8 Å². The summed E-state index contributed by atoms with van der Waals surface area (Å²) in [4.78, 5) is 22.8. The first-order valence-electron chi connectivity index (χ1n) is 9.12. The molecule has 3 aromatic rings. The molecule has 0 bridgehead atoms. The second-order valence-electron chi connectivity index (χ2n) is 6.73. The van der Waals surface area contributed by atoms with Crippen molar-refractivity contribution in [3.8, 4) is 11.5 Å². The average Bonchev–Trinajstić information content (AvgIpc) is 3.21. The number of fused-ring (bicyclic) bond motifs is 1. The van der Waals surface area contributed by atoms with E-state index >= 15 is 0 Å². The van der Waals surface area contributed by atoms with Crippen molar-refractivity contribution in [2.45, 2.75) is 6.54 Å². The third-order valence-electron chi connectivity index (χ3n) is 4.44. The van der Waals surface area contributed by atoms with E-state index in [0.717, 1.165) is 22.7 Å². The molecule has 8 heteroatoms. The second-order valence-corrected chi connectivity index (χ2v) is 6.73. The number of aromatic nitrogens is 2. The van der Waals surface area contributed by atoms with Gasteiger partial charge in [0.1, 0.15) is 0 Å². The quantitative estimate of drug-likeness (QED) is 0.667. The first-order valence-corrected chi connectivity index (χ1v) is 9.12. The van der Waals surface area contributed by atoms with Gasteiger partial charge in [0, 0.05) is 44.4 Å². The summed E-state index contributed by atoms with van der Waals surface area (Å²) in [7, 11) is 3.93. The number of amides is 1. The highest BCUT2D eigenvalue weighted by Crippen LogP contribution is 2.32. The number of hydrogen-bond donors (Lipinski definition) is 2. The monoisotopic (exact) mass is 391 g/mol. The number of carbonyl (C=O) groups is 1. The molecule has 1 aromatic heterocycles. The highest BCUT2D eigenvalue weighted by Gasteiger charge is 2.13. The van der Waals surface area contributed by atoms with E-state index in [1.165, 1.54) is 12.4 Å². The summed E-state index contributed by atoms with van der Waals surface area (Å²) in [6, 6.07) is 13.3. The maximum atomic E-state index is 12.4. The fourth-order valence-electron chi connectivity index (χ4n) is 2.81. The van der Waals surface area contributed by atoms with E-state index in [1.807, 2.05) is 61.5 Å². The minimum atomic E-state index is -0.259. The van der Waals surface area contributed by atoms with Gasteiger partial charge >= 0.3 is 0 Å². The van der Waals surface area contributed by atoms with Gasteiger partial charge < -0.3 is 25.0 Å². The van der Waals surface area contributed by atoms with Gasteiger partial charge in [-0.2, -0.15) is 0 Å². The minimum Gasteiger partial charge on any atom is -0.454 e. The lowest BCUT2D eigenvalue weighted by molar-refractivity contribution is 0.102. The Morgan fingerprint density at radius 3 is 2.48 bits per heavy atom. The Bertz CT molecular complexity index is 1000. The Morgan fingerprint density at radius 2 is 1.76 bits per heavy atom.